The molecule has 0 saturated heterocycles. The molecule has 1 aromatic carbocycles. The summed E-state index contributed by atoms with van der Waals surface area (Å²) in [7, 11) is 0. The van der Waals surface area contributed by atoms with E-state index in [1.807, 2.05) is 11.8 Å². The lowest BCUT2D eigenvalue weighted by Gasteiger charge is -2.11. The van der Waals surface area contributed by atoms with Crippen LogP contribution in [-0.4, -0.2) is 0 Å². The van der Waals surface area contributed by atoms with Gasteiger partial charge in [-0.05, 0) is 29.2 Å². The van der Waals surface area contributed by atoms with E-state index in [0.717, 1.165) is 17.2 Å². The van der Waals surface area contributed by atoms with Crippen LogP contribution >= 0.6 is 23.4 Å². The summed E-state index contributed by atoms with van der Waals surface area (Å²) >= 11 is 8.40. The molecule has 1 aromatic rings. The van der Waals surface area contributed by atoms with Crippen LogP contribution < -0.4 is 0 Å². The molecule has 0 spiro atoms. The molecular formula is C14H11ClS. The Hall–Kier alpha value is -0.920. The molecule has 0 radical (unpaired) electrons. The zero-order valence-corrected chi connectivity index (χ0v) is 10.3. The van der Waals surface area contributed by atoms with Crippen LogP contribution in [0.25, 0.3) is 5.03 Å². The molecule has 0 bridgehead atoms. The molecule has 1 heterocycles. The maximum absolute atomic E-state index is 6.52. The Bertz CT molecular complexity index is 523. The summed E-state index contributed by atoms with van der Waals surface area (Å²) in [6.07, 6.45) is 7.39. The van der Waals surface area contributed by atoms with Crippen molar-refractivity contribution < 1.29 is 0 Å². The van der Waals surface area contributed by atoms with Crippen LogP contribution in [0.15, 0.2) is 53.0 Å². The van der Waals surface area contributed by atoms with E-state index in [2.05, 4.69) is 42.5 Å². The van der Waals surface area contributed by atoms with E-state index < -0.39 is 0 Å². The Morgan fingerprint density at radius 1 is 1.19 bits per heavy atom. The van der Waals surface area contributed by atoms with Gasteiger partial charge in [0.1, 0.15) is 0 Å². The Kier molecular flexibility index (Phi) is 2.66. The van der Waals surface area contributed by atoms with E-state index in [1.54, 1.807) is 0 Å². The summed E-state index contributed by atoms with van der Waals surface area (Å²) in [4.78, 5) is 1.32. The smallest absolute Gasteiger partial charge is 0.0527 e. The van der Waals surface area contributed by atoms with E-state index in [0.29, 0.717) is 0 Å². The third-order valence-corrected chi connectivity index (χ3v) is 4.49. The summed E-state index contributed by atoms with van der Waals surface area (Å²) in [5.41, 5.74) is 3.81. The summed E-state index contributed by atoms with van der Waals surface area (Å²) in [6, 6.07) is 8.42. The van der Waals surface area contributed by atoms with Gasteiger partial charge in [-0.15, -0.1) is 11.8 Å². The normalized spacial score (nSPS) is 18.7. The number of benzene rings is 1. The average molecular weight is 247 g/mol. The van der Waals surface area contributed by atoms with E-state index in [4.69, 9.17) is 11.6 Å². The fraction of sp³-hybridized carbons (Fsp3) is 0.143. The minimum absolute atomic E-state index is 0.927. The van der Waals surface area contributed by atoms with Gasteiger partial charge >= 0.3 is 0 Å². The van der Waals surface area contributed by atoms with Crippen LogP contribution in [0, 0.1) is 0 Å². The molecule has 0 fully saturated rings. The molecule has 1 aliphatic carbocycles. The Balaban J connectivity index is 2.20. The predicted octanol–water partition coefficient (Wildman–Crippen LogP) is 4.73. The summed E-state index contributed by atoms with van der Waals surface area (Å²) < 4.78 is 0. The molecular weight excluding hydrogens is 236 g/mol. The van der Waals surface area contributed by atoms with E-state index in [-0.39, 0.29) is 0 Å². The third kappa shape index (κ3) is 1.64. The SMILES string of the molecule is ClC1=C2CC=CC=C2SCc2ccccc21. The Labute approximate surface area is 105 Å². The molecule has 0 saturated carbocycles. The number of halogens is 1. The number of rotatable bonds is 0. The third-order valence-electron chi connectivity index (χ3n) is 2.91. The number of thioether (sulfide) groups is 1. The maximum Gasteiger partial charge on any atom is 0.0527 e. The highest BCUT2D eigenvalue weighted by molar-refractivity contribution is 8.02. The van der Waals surface area contributed by atoms with Crippen molar-refractivity contribution in [2.24, 2.45) is 0 Å². The predicted molar refractivity (Wildman–Crippen MR) is 72.4 cm³/mol. The highest BCUT2D eigenvalue weighted by Gasteiger charge is 2.19. The van der Waals surface area contributed by atoms with Crippen molar-refractivity contribution in [2.45, 2.75) is 12.2 Å². The number of hydrogen-bond donors (Lipinski definition) is 0. The fourth-order valence-electron chi connectivity index (χ4n) is 2.05. The van der Waals surface area contributed by atoms with Gasteiger partial charge in [-0.1, -0.05) is 48.0 Å². The summed E-state index contributed by atoms with van der Waals surface area (Å²) in [5, 5.41) is 0.927. The molecule has 0 nitrogen and oxygen atoms in total. The zero-order chi connectivity index (χ0) is 11.0. The van der Waals surface area contributed by atoms with Gasteiger partial charge in [-0.3, -0.25) is 0 Å². The summed E-state index contributed by atoms with van der Waals surface area (Å²) in [6.45, 7) is 0. The standard InChI is InChI=1S/C14H11ClS/c15-14-11-6-2-1-5-10(11)9-16-13-8-4-3-7-12(13)14/h1-6,8H,7,9H2. The lowest BCUT2D eigenvalue weighted by Crippen LogP contribution is -1.90. The molecule has 0 aromatic heterocycles. The van der Waals surface area contributed by atoms with Crippen molar-refractivity contribution in [3.05, 3.63) is 64.1 Å². The van der Waals surface area contributed by atoms with Crippen molar-refractivity contribution in [3.63, 3.8) is 0 Å². The average Bonchev–Trinajstić information content (AvgIpc) is 2.49. The zero-order valence-electron chi connectivity index (χ0n) is 8.74. The fourth-order valence-corrected chi connectivity index (χ4v) is 3.57. The van der Waals surface area contributed by atoms with Gasteiger partial charge in [-0.2, -0.15) is 0 Å². The number of fused-ring (bicyclic) bond motifs is 2. The largest absolute Gasteiger partial charge is 0.121 e. The van der Waals surface area contributed by atoms with E-state index in [9.17, 15) is 0 Å². The van der Waals surface area contributed by atoms with E-state index >= 15 is 0 Å². The maximum atomic E-state index is 6.52. The van der Waals surface area contributed by atoms with Gasteiger partial charge in [0.05, 0.1) is 5.03 Å². The molecule has 16 heavy (non-hydrogen) atoms. The van der Waals surface area contributed by atoms with Gasteiger partial charge in [-0.25, -0.2) is 0 Å². The van der Waals surface area contributed by atoms with Crippen molar-refractivity contribution in [3.8, 4) is 0 Å². The second-order valence-corrected chi connectivity index (χ2v) is 5.30. The second-order valence-electron chi connectivity index (χ2n) is 3.90. The highest BCUT2D eigenvalue weighted by atomic mass is 35.5. The molecule has 3 rings (SSSR count). The lowest BCUT2D eigenvalue weighted by molar-refractivity contribution is 1.26. The van der Waals surface area contributed by atoms with Crippen LogP contribution in [0.4, 0.5) is 0 Å². The highest BCUT2D eigenvalue weighted by Crippen LogP contribution is 2.43. The molecule has 2 aliphatic rings. The first-order valence-electron chi connectivity index (χ1n) is 5.33. The first kappa shape index (κ1) is 10.2. The first-order valence-corrected chi connectivity index (χ1v) is 6.69. The minimum Gasteiger partial charge on any atom is -0.121 e. The molecule has 0 amide bonds. The van der Waals surface area contributed by atoms with Crippen LogP contribution in [0.3, 0.4) is 0 Å². The topological polar surface area (TPSA) is 0 Å². The molecule has 0 N–H and O–H groups in total. The monoisotopic (exact) mass is 246 g/mol. The minimum atomic E-state index is 0.927. The van der Waals surface area contributed by atoms with Crippen molar-refractivity contribution in [1.82, 2.24) is 0 Å². The van der Waals surface area contributed by atoms with Crippen molar-refractivity contribution in [2.75, 3.05) is 0 Å². The molecule has 0 unspecified atom stereocenters. The lowest BCUT2D eigenvalue weighted by atomic mass is 10.0. The van der Waals surface area contributed by atoms with Gasteiger partial charge in [0.25, 0.3) is 0 Å². The molecule has 2 heteroatoms. The van der Waals surface area contributed by atoms with Crippen LogP contribution in [-0.2, 0) is 5.75 Å². The Morgan fingerprint density at radius 3 is 3.00 bits per heavy atom. The summed E-state index contributed by atoms with van der Waals surface area (Å²) in [5.74, 6) is 1.01. The molecule has 1 aliphatic heterocycles. The van der Waals surface area contributed by atoms with Gasteiger partial charge in [0.15, 0.2) is 0 Å². The van der Waals surface area contributed by atoms with Crippen molar-refractivity contribution in [1.29, 1.82) is 0 Å². The second kappa shape index (κ2) is 4.15. The van der Waals surface area contributed by atoms with Crippen molar-refractivity contribution >= 4 is 28.4 Å². The Morgan fingerprint density at radius 2 is 2.06 bits per heavy atom. The van der Waals surface area contributed by atoms with Crippen LogP contribution in [0.1, 0.15) is 17.5 Å². The van der Waals surface area contributed by atoms with E-state index in [1.165, 1.54) is 21.6 Å². The van der Waals surface area contributed by atoms with Crippen LogP contribution in [0.5, 0.6) is 0 Å². The van der Waals surface area contributed by atoms with Gasteiger partial charge in [0, 0.05) is 10.7 Å². The molecule has 0 atom stereocenters. The van der Waals surface area contributed by atoms with Crippen LogP contribution in [0.2, 0.25) is 0 Å². The number of allylic oxidation sites excluding steroid dienone is 4. The van der Waals surface area contributed by atoms with Gasteiger partial charge in [0.2, 0.25) is 0 Å². The van der Waals surface area contributed by atoms with Gasteiger partial charge < -0.3 is 0 Å². The first-order chi connectivity index (χ1) is 7.86. The quantitative estimate of drug-likeness (QED) is 0.638. The number of hydrogen-bond acceptors (Lipinski definition) is 1. The molecule has 80 valence electrons.